The number of ether oxygens (including phenoxy) is 1. The van der Waals surface area contributed by atoms with Crippen molar-refractivity contribution in [1.82, 2.24) is 24.7 Å². The minimum atomic E-state index is 0.273. The molecule has 8 nitrogen and oxygen atoms in total. The molecule has 2 aromatic heterocycles. The number of hydrogen-bond acceptors (Lipinski definition) is 7. The predicted octanol–water partition coefficient (Wildman–Crippen LogP) is 4.24. The fourth-order valence-corrected chi connectivity index (χ4v) is 4.27. The summed E-state index contributed by atoms with van der Waals surface area (Å²) in [6, 6.07) is 16.4. The number of benzene rings is 2. The Morgan fingerprint density at radius 3 is 2.66 bits per heavy atom. The number of nitrogens with one attached hydrogen (secondary N) is 2. The van der Waals surface area contributed by atoms with Gasteiger partial charge in [-0.1, -0.05) is 30.3 Å². The second-order valence-electron chi connectivity index (χ2n) is 7.76. The van der Waals surface area contributed by atoms with E-state index >= 15 is 0 Å². The van der Waals surface area contributed by atoms with E-state index in [1.807, 2.05) is 38.2 Å². The predicted molar refractivity (Wildman–Crippen MR) is 124 cm³/mol. The molecule has 0 spiro atoms. The Morgan fingerprint density at radius 2 is 1.94 bits per heavy atom. The van der Waals surface area contributed by atoms with Crippen molar-refractivity contribution in [2.24, 2.45) is 0 Å². The van der Waals surface area contributed by atoms with Crippen LogP contribution in [0.2, 0.25) is 0 Å². The molecule has 2 heterocycles. The summed E-state index contributed by atoms with van der Waals surface area (Å²) in [5.41, 5.74) is 5.21. The van der Waals surface area contributed by atoms with Crippen molar-refractivity contribution in [2.45, 2.75) is 25.7 Å². The van der Waals surface area contributed by atoms with Crippen molar-refractivity contribution in [3.8, 4) is 11.4 Å². The van der Waals surface area contributed by atoms with Crippen molar-refractivity contribution < 1.29 is 4.74 Å². The van der Waals surface area contributed by atoms with E-state index in [1.54, 1.807) is 18.1 Å². The Morgan fingerprint density at radius 1 is 1.09 bits per heavy atom. The SMILES string of the molecule is CNc1nc(Nc2ccc(-n3cnc(C)n3)c(OC)c2)nc2c1CCC2c1ccccc1. The number of rotatable bonds is 6. The average molecular weight is 428 g/mol. The summed E-state index contributed by atoms with van der Waals surface area (Å²) in [5.74, 6) is 3.08. The van der Waals surface area contributed by atoms with Gasteiger partial charge in [0.25, 0.3) is 0 Å². The zero-order valence-corrected chi connectivity index (χ0v) is 18.3. The second-order valence-corrected chi connectivity index (χ2v) is 7.76. The number of aromatic nitrogens is 5. The normalized spacial score (nSPS) is 14.8. The first-order chi connectivity index (χ1) is 15.7. The quantitative estimate of drug-likeness (QED) is 0.476. The average Bonchev–Trinajstić information content (AvgIpc) is 3.45. The van der Waals surface area contributed by atoms with Crippen LogP contribution in [0.1, 0.15) is 35.0 Å². The fraction of sp³-hybridized carbons (Fsp3) is 0.250. The van der Waals surface area contributed by atoms with Crippen LogP contribution in [0.4, 0.5) is 17.5 Å². The summed E-state index contributed by atoms with van der Waals surface area (Å²) >= 11 is 0. The van der Waals surface area contributed by atoms with Gasteiger partial charge in [-0.2, -0.15) is 10.1 Å². The molecule has 1 aliphatic carbocycles. The standard InChI is InChI=1S/C24H25N7O/c1-15-26-14-31(30-15)20-12-9-17(13-21(20)32-3)27-24-28-22-18(16-7-5-4-6-8-16)10-11-19(22)23(25-2)29-24/h4-9,12-14,18H,10-11H2,1-3H3,(H2,25,27,28,29). The molecule has 2 aromatic carbocycles. The first kappa shape index (κ1) is 20.0. The molecule has 0 bridgehead atoms. The Hall–Kier alpha value is -3.94. The van der Waals surface area contributed by atoms with Gasteiger partial charge in [0.15, 0.2) is 0 Å². The number of fused-ring (bicyclic) bond motifs is 1. The summed E-state index contributed by atoms with van der Waals surface area (Å²) in [5, 5.41) is 11.0. The molecule has 0 radical (unpaired) electrons. The number of anilines is 3. The molecular formula is C24H25N7O. The second kappa shape index (κ2) is 8.30. The maximum atomic E-state index is 5.60. The molecule has 2 N–H and O–H groups in total. The van der Waals surface area contributed by atoms with E-state index in [2.05, 4.69) is 45.0 Å². The molecule has 8 heteroatoms. The van der Waals surface area contributed by atoms with Crippen LogP contribution in [0, 0.1) is 6.92 Å². The van der Waals surface area contributed by atoms with Crippen LogP contribution in [0.15, 0.2) is 54.9 Å². The van der Waals surface area contributed by atoms with Gasteiger partial charge in [-0.15, -0.1) is 0 Å². The lowest BCUT2D eigenvalue weighted by molar-refractivity contribution is 0.412. The number of hydrogen-bond donors (Lipinski definition) is 2. The van der Waals surface area contributed by atoms with E-state index in [4.69, 9.17) is 14.7 Å². The highest BCUT2D eigenvalue weighted by molar-refractivity contribution is 5.64. The van der Waals surface area contributed by atoms with Crippen LogP contribution >= 0.6 is 0 Å². The third-order valence-corrected chi connectivity index (χ3v) is 5.78. The molecule has 162 valence electrons. The van der Waals surface area contributed by atoms with Gasteiger partial charge in [-0.25, -0.2) is 14.6 Å². The third-order valence-electron chi connectivity index (χ3n) is 5.78. The van der Waals surface area contributed by atoms with Gasteiger partial charge < -0.3 is 15.4 Å². The minimum absolute atomic E-state index is 0.273. The number of aryl methyl sites for hydroxylation is 1. The molecule has 0 aliphatic heterocycles. The van der Waals surface area contributed by atoms with Gasteiger partial charge in [0.1, 0.15) is 29.4 Å². The molecule has 0 saturated heterocycles. The molecule has 1 atom stereocenters. The monoisotopic (exact) mass is 427 g/mol. The van der Waals surface area contributed by atoms with Crippen LogP contribution in [0.3, 0.4) is 0 Å². The maximum Gasteiger partial charge on any atom is 0.229 e. The molecule has 32 heavy (non-hydrogen) atoms. The summed E-state index contributed by atoms with van der Waals surface area (Å²) in [4.78, 5) is 13.8. The highest BCUT2D eigenvalue weighted by Gasteiger charge is 2.29. The largest absolute Gasteiger partial charge is 0.494 e. The lowest BCUT2D eigenvalue weighted by Gasteiger charge is -2.15. The van der Waals surface area contributed by atoms with Crippen LogP contribution in [-0.4, -0.2) is 38.9 Å². The third kappa shape index (κ3) is 3.64. The Bertz CT molecular complexity index is 1250. The molecule has 1 aliphatic rings. The van der Waals surface area contributed by atoms with E-state index in [9.17, 15) is 0 Å². The molecule has 1 unspecified atom stereocenters. The zero-order chi connectivity index (χ0) is 22.1. The van der Waals surface area contributed by atoms with E-state index in [0.717, 1.165) is 35.7 Å². The van der Waals surface area contributed by atoms with Crippen molar-refractivity contribution >= 4 is 17.5 Å². The van der Waals surface area contributed by atoms with Crippen LogP contribution in [0.5, 0.6) is 5.75 Å². The lowest BCUT2D eigenvalue weighted by Crippen LogP contribution is -2.08. The van der Waals surface area contributed by atoms with Gasteiger partial charge in [0, 0.05) is 30.3 Å². The molecule has 0 amide bonds. The van der Waals surface area contributed by atoms with E-state index in [-0.39, 0.29) is 5.92 Å². The molecule has 0 fully saturated rings. The molecule has 5 rings (SSSR count). The molecular weight excluding hydrogens is 402 g/mol. The highest BCUT2D eigenvalue weighted by atomic mass is 16.5. The maximum absolute atomic E-state index is 5.60. The van der Waals surface area contributed by atoms with Gasteiger partial charge in [0.05, 0.1) is 12.8 Å². The van der Waals surface area contributed by atoms with Crippen LogP contribution in [-0.2, 0) is 6.42 Å². The number of nitrogens with zero attached hydrogens (tertiary/aromatic N) is 5. The zero-order valence-electron chi connectivity index (χ0n) is 18.3. The summed E-state index contributed by atoms with van der Waals surface area (Å²) in [6.07, 6.45) is 3.67. The Kier molecular flexibility index (Phi) is 5.18. The van der Waals surface area contributed by atoms with E-state index in [0.29, 0.717) is 17.5 Å². The topological polar surface area (TPSA) is 89.8 Å². The van der Waals surface area contributed by atoms with E-state index < -0.39 is 0 Å². The van der Waals surface area contributed by atoms with Gasteiger partial charge >= 0.3 is 0 Å². The summed E-state index contributed by atoms with van der Waals surface area (Å²) in [6.45, 7) is 1.85. The Labute approximate surface area is 186 Å². The van der Waals surface area contributed by atoms with Gasteiger partial charge in [-0.05, 0) is 37.5 Å². The van der Waals surface area contributed by atoms with Crippen molar-refractivity contribution in [1.29, 1.82) is 0 Å². The molecule has 4 aromatic rings. The first-order valence-electron chi connectivity index (χ1n) is 10.6. The van der Waals surface area contributed by atoms with E-state index in [1.165, 1.54) is 11.1 Å². The number of methoxy groups -OCH3 is 1. The fourth-order valence-electron chi connectivity index (χ4n) is 4.27. The van der Waals surface area contributed by atoms with Crippen LogP contribution in [0.25, 0.3) is 5.69 Å². The van der Waals surface area contributed by atoms with Gasteiger partial charge in [0.2, 0.25) is 5.95 Å². The smallest absolute Gasteiger partial charge is 0.229 e. The Balaban J connectivity index is 1.48. The van der Waals surface area contributed by atoms with Crippen molar-refractivity contribution in [3.63, 3.8) is 0 Å². The molecule has 0 saturated carbocycles. The summed E-state index contributed by atoms with van der Waals surface area (Å²) in [7, 11) is 3.54. The van der Waals surface area contributed by atoms with Crippen molar-refractivity contribution in [3.05, 3.63) is 77.5 Å². The minimum Gasteiger partial charge on any atom is -0.494 e. The lowest BCUT2D eigenvalue weighted by atomic mass is 9.97. The summed E-state index contributed by atoms with van der Waals surface area (Å²) < 4.78 is 7.30. The van der Waals surface area contributed by atoms with Crippen molar-refractivity contribution in [2.75, 3.05) is 24.8 Å². The highest BCUT2D eigenvalue weighted by Crippen LogP contribution is 2.40. The first-order valence-corrected chi connectivity index (χ1v) is 10.6. The van der Waals surface area contributed by atoms with Gasteiger partial charge in [-0.3, -0.25) is 0 Å². The van der Waals surface area contributed by atoms with Crippen LogP contribution < -0.4 is 15.4 Å².